The Kier molecular flexibility index (Phi) is 4.34. The van der Waals surface area contributed by atoms with Crippen LogP contribution in [0.5, 0.6) is 0 Å². The van der Waals surface area contributed by atoms with Crippen LogP contribution >= 0.6 is 22.9 Å². The molecule has 0 spiro atoms. The number of amides is 4. The lowest BCUT2D eigenvalue weighted by Crippen LogP contribution is -2.54. The van der Waals surface area contributed by atoms with Gasteiger partial charge in [-0.15, -0.1) is 0 Å². The third kappa shape index (κ3) is 3.28. The highest BCUT2D eigenvalue weighted by atomic mass is 35.5. The Hall–Kier alpha value is -3.04. The Labute approximate surface area is 149 Å². The summed E-state index contributed by atoms with van der Waals surface area (Å²) in [5, 5.41) is 13.1. The van der Waals surface area contributed by atoms with Crippen LogP contribution in [0.4, 0.5) is 15.5 Å². The van der Waals surface area contributed by atoms with Crippen LogP contribution in [-0.4, -0.2) is 22.8 Å². The van der Waals surface area contributed by atoms with Gasteiger partial charge in [0.25, 0.3) is 11.8 Å². The van der Waals surface area contributed by atoms with E-state index in [1.165, 1.54) is 42.5 Å². The van der Waals surface area contributed by atoms with Crippen molar-refractivity contribution in [3.63, 3.8) is 0 Å². The number of nitrogens with zero attached hydrogens (tertiary/aromatic N) is 2. The van der Waals surface area contributed by atoms with Crippen molar-refractivity contribution in [1.82, 2.24) is 5.32 Å². The van der Waals surface area contributed by atoms with Gasteiger partial charge in [0, 0.05) is 16.0 Å². The normalized spacial score (nSPS) is 16.3. The van der Waals surface area contributed by atoms with Gasteiger partial charge in [-0.2, -0.15) is 0 Å². The Morgan fingerprint density at radius 3 is 2.40 bits per heavy atom. The maximum atomic E-state index is 12.6. The van der Waals surface area contributed by atoms with E-state index in [2.05, 4.69) is 5.32 Å². The van der Waals surface area contributed by atoms with Gasteiger partial charge in [-0.3, -0.25) is 25.0 Å². The first-order chi connectivity index (χ1) is 11.9. The molecule has 1 saturated heterocycles. The summed E-state index contributed by atoms with van der Waals surface area (Å²) >= 11 is 6.60. The van der Waals surface area contributed by atoms with Gasteiger partial charge in [-0.25, -0.2) is 9.69 Å². The van der Waals surface area contributed by atoms with Crippen molar-refractivity contribution < 1.29 is 19.3 Å². The maximum Gasteiger partial charge on any atom is 0.335 e. The summed E-state index contributed by atoms with van der Waals surface area (Å²) in [6.07, 6.45) is 1.21. The maximum absolute atomic E-state index is 12.6. The number of imide groups is 2. The van der Waals surface area contributed by atoms with E-state index >= 15 is 0 Å². The van der Waals surface area contributed by atoms with Crippen molar-refractivity contribution in [3.8, 4) is 0 Å². The van der Waals surface area contributed by atoms with Gasteiger partial charge >= 0.3 is 11.0 Å². The first-order valence-electron chi connectivity index (χ1n) is 6.78. The summed E-state index contributed by atoms with van der Waals surface area (Å²) in [6.45, 7) is 0. The molecule has 1 aliphatic heterocycles. The molecule has 0 unspecified atom stereocenters. The van der Waals surface area contributed by atoms with Crippen LogP contribution < -0.4 is 10.2 Å². The Bertz CT molecular complexity index is 935. The summed E-state index contributed by atoms with van der Waals surface area (Å²) in [5.41, 5.74) is -0.0613. The summed E-state index contributed by atoms with van der Waals surface area (Å²) in [4.78, 5) is 47.9. The first kappa shape index (κ1) is 16.8. The molecule has 2 aromatic rings. The molecule has 3 rings (SSSR count). The molecule has 1 aliphatic rings. The molecule has 10 heteroatoms. The molecule has 4 amide bonds. The van der Waals surface area contributed by atoms with Crippen molar-refractivity contribution >= 4 is 57.5 Å². The molecule has 1 aromatic heterocycles. The minimum Gasteiger partial charge on any atom is -0.273 e. The Morgan fingerprint density at radius 1 is 1.12 bits per heavy atom. The predicted molar refractivity (Wildman–Crippen MR) is 91.4 cm³/mol. The van der Waals surface area contributed by atoms with Crippen molar-refractivity contribution in [3.05, 3.63) is 62.0 Å². The third-order valence-corrected chi connectivity index (χ3v) is 4.50. The second-order valence-electron chi connectivity index (χ2n) is 4.87. The number of anilines is 1. The number of halogens is 1. The Balaban J connectivity index is 1.98. The molecule has 0 saturated carbocycles. The van der Waals surface area contributed by atoms with Gasteiger partial charge in [0.2, 0.25) is 0 Å². The molecule has 0 radical (unpaired) electrons. The lowest BCUT2D eigenvalue weighted by molar-refractivity contribution is -0.380. The van der Waals surface area contributed by atoms with Crippen LogP contribution in [0.15, 0.2) is 42.0 Å². The average molecular weight is 378 g/mol. The van der Waals surface area contributed by atoms with Gasteiger partial charge in [0.05, 0.1) is 10.6 Å². The minimum absolute atomic E-state index is 0.124. The van der Waals surface area contributed by atoms with Crippen LogP contribution in [-0.2, 0) is 9.59 Å². The lowest BCUT2D eigenvalue weighted by atomic mass is 10.1. The van der Waals surface area contributed by atoms with Crippen LogP contribution in [0.25, 0.3) is 6.08 Å². The smallest absolute Gasteiger partial charge is 0.273 e. The molecule has 126 valence electrons. The molecule has 25 heavy (non-hydrogen) atoms. The van der Waals surface area contributed by atoms with E-state index in [4.69, 9.17) is 11.6 Å². The summed E-state index contributed by atoms with van der Waals surface area (Å²) in [6, 6.07) is 7.72. The number of hydrogen-bond donors (Lipinski definition) is 1. The molecular formula is C15H8ClN3O5S. The number of thiophene rings is 1. The molecule has 8 nitrogen and oxygen atoms in total. The number of benzene rings is 1. The topological polar surface area (TPSA) is 110 Å². The van der Waals surface area contributed by atoms with E-state index in [1.807, 2.05) is 0 Å². The summed E-state index contributed by atoms with van der Waals surface area (Å²) in [5.74, 6) is -1.69. The number of hydrogen-bond acceptors (Lipinski definition) is 6. The molecular weight excluding hydrogens is 370 g/mol. The van der Waals surface area contributed by atoms with Crippen molar-refractivity contribution in [2.24, 2.45) is 0 Å². The zero-order valence-corrected chi connectivity index (χ0v) is 13.8. The van der Waals surface area contributed by atoms with Gasteiger partial charge in [-0.05, 0) is 36.4 Å². The molecule has 1 fully saturated rings. The van der Waals surface area contributed by atoms with Gasteiger partial charge in [0.1, 0.15) is 5.57 Å². The van der Waals surface area contributed by atoms with Crippen LogP contribution in [0.2, 0.25) is 5.02 Å². The predicted octanol–water partition coefficient (Wildman–Crippen LogP) is 2.98. The van der Waals surface area contributed by atoms with Gasteiger partial charge < -0.3 is 0 Å². The fourth-order valence-corrected chi connectivity index (χ4v) is 3.03. The second-order valence-corrected chi connectivity index (χ2v) is 6.40. The Morgan fingerprint density at radius 2 is 1.80 bits per heavy atom. The zero-order valence-electron chi connectivity index (χ0n) is 12.3. The fourth-order valence-electron chi connectivity index (χ4n) is 2.14. The van der Waals surface area contributed by atoms with Crippen LogP contribution in [0.3, 0.4) is 0 Å². The van der Waals surface area contributed by atoms with E-state index in [-0.39, 0.29) is 16.3 Å². The highest BCUT2D eigenvalue weighted by molar-refractivity contribution is 7.16. The van der Waals surface area contributed by atoms with Gasteiger partial charge in [0.15, 0.2) is 0 Å². The van der Waals surface area contributed by atoms with E-state index in [0.717, 1.165) is 16.2 Å². The number of barbiturate groups is 1. The highest BCUT2D eigenvalue weighted by Crippen LogP contribution is 2.28. The van der Waals surface area contributed by atoms with Crippen molar-refractivity contribution in [2.75, 3.05) is 4.90 Å². The largest absolute Gasteiger partial charge is 0.335 e. The number of rotatable bonds is 3. The highest BCUT2D eigenvalue weighted by Gasteiger charge is 2.36. The lowest BCUT2D eigenvalue weighted by Gasteiger charge is -2.26. The van der Waals surface area contributed by atoms with Crippen LogP contribution in [0.1, 0.15) is 4.88 Å². The monoisotopic (exact) mass is 377 g/mol. The number of nitrogens with one attached hydrogen (secondary N) is 1. The van der Waals surface area contributed by atoms with Crippen molar-refractivity contribution in [2.45, 2.75) is 0 Å². The van der Waals surface area contributed by atoms with Crippen molar-refractivity contribution in [1.29, 1.82) is 0 Å². The molecule has 2 heterocycles. The van der Waals surface area contributed by atoms with E-state index in [9.17, 15) is 24.5 Å². The summed E-state index contributed by atoms with van der Waals surface area (Å²) in [7, 11) is 0. The quantitative estimate of drug-likeness (QED) is 0.382. The average Bonchev–Trinajstić information content (AvgIpc) is 3.02. The van der Waals surface area contributed by atoms with Gasteiger partial charge in [-0.1, -0.05) is 22.9 Å². The van der Waals surface area contributed by atoms with E-state index in [0.29, 0.717) is 9.90 Å². The first-order valence-corrected chi connectivity index (χ1v) is 7.97. The molecule has 0 bridgehead atoms. The summed E-state index contributed by atoms with van der Waals surface area (Å²) < 4.78 is 0. The molecule has 1 N–H and O–H groups in total. The minimum atomic E-state index is -0.883. The van der Waals surface area contributed by atoms with Crippen LogP contribution in [0, 0.1) is 10.1 Å². The number of carbonyl (C=O) groups is 3. The van der Waals surface area contributed by atoms with E-state index < -0.39 is 22.8 Å². The van der Waals surface area contributed by atoms with E-state index in [1.54, 1.807) is 0 Å². The number of carbonyl (C=O) groups excluding carboxylic acids is 3. The second kappa shape index (κ2) is 6.46. The fraction of sp³-hybridized carbons (Fsp3) is 0. The molecule has 0 atom stereocenters. The number of urea groups is 1. The molecule has 0 aliphatic carbocycles. The molecule has 1 aromatic carbocycles. The number of nitro groups is 1. The third-order valence-electron chi connectivity index (χ3n) is 3.27. The SMILES string of the molecule is O=C1NC(=O)N(c2ccc(Cl)cc2)C(=O)/C1=C/c1ccc([N+](=O)[O-])s1. The standard InChI is InChI=1S/C15H8ClN3O5S/c16-8-1-3-9(4-2-8)18-14(21)11(13(20)17-15(18)22)7-10-5-6-12(25-10)19(23)24/h1-7H,(H,17,20,22)/b11-7+. The zero-order chi connectivity index (χ0) is 18.1.